The lowest BCUT2D eigenvalue weighted by atomic mass is 10.2. The molecule has 1 amide bonds. The summed E-state index contributed by atoms with van der Waals surface area (Å²) >= 11 is 0. The van der Waals surface area contributed by atoms with Gasteiger partial charge in [-0.2, -0.15) is 0 Å². The smallest absolute Gasteiger partial charge is 0.256 e. The molecule has 6 heteroatoms. The average Bonchev–Trinajstić information content (AvgIpc) is 2.47. The highest BCUT2D eigenvalue weighted by Crippen LogP contribution is 2.14. The van der Waals surface area contributed by atoms with Crippen molar-refractivity contribution in [1.29, 1.82) is 0 Å². The maximum absolute atomic E-state index is 12.1. The third-order valence-corrected chi connectivity index (χ3v) is 2.67. The number of amides is 1. The lowest BCUT2D eigenvalue weighted by Crippen LogP contribution is -2.39. The Balaban J connectivity index is 1.91. The van der Waals surface area contributed by atoms with Crippen LogP contribution in [0.2, 0.25) is 0 Å². The van der Waals surface area contributed by atoms with Gasteiger partial charge in [0.1, 0.15) is 5.56 Å². The Morgan fingerprint density at radius 2 is 2.47 bits per heavy atom. The van der Waals surface area contributed by atoms with Crippen LogP contribution in [0.25, 0.3) is 0 Å². The molecule has 0 aromatic carbocycles. The van der Waals surface area contributed by atoms with Crippen molar-refractivity contribution in [2.45, 2.75) is 13.0 Å². The Hall–Kier alpha value is -1.66. The number of carbonyl (C=O) groups excluding carboxylic acids is 1. The van der Waals surface area contributed by atoms with Crippen molar-refractivity contribution < 1.29 is 19.0 Å². The molecule has 0 bridgehead atoms. The molecule has 104 valence electrons. The molecule has 1 atom stereocenters. The van der Waals surface area contributed by atoms with E-state index in [-0.39, 0.29) is 12.0 Å². The number of aromatic nitrogens is 1. The summed E-state index contributed by atoms with van der Waals surface area (Å²) in [6, 6.07) is 3.39. The highest BCUT2D eigenvalue weighted by Gasteiger charge is 2.18. The zero-order valence-electron chi connectivity index (χ0n) is 10.9. The largest absolute Gasteiger partial charge is 0.477 e. The van der Waals surface area contributed by atoms with Crippen molar-refractivity contribution in [3.8, 4) is 5.88 Å². The van der Waals surface area contributed by atoms with Gasteiger partial charge in [0.05, 0.1) is 32.5 Å². The third kappa shape index (κ3) is 3.90. The van der Waals surface area contributed by atoms with Gasteiger partial charge in [0.25, 0.3) is 5.91 Å². The van der Waals surface area contributed by atoms with Crippen LogP contribution in [-0.2, 0) is 9.47 Å². The Kier molecular flexibility index (Phi) is 5.11. The fourth-order valence-corrected chi connectivity index (χ4v) is 1.77. The van der Waals surface area contributed by atoms with E-state index >= 15 is 0 Å². The van der Waals surface area contributed by atoms with E-state index in [1.165, 1.54) is 0 Å². The molecule has 1 aromatic heterocycles. The first kappa shape index (κ1) is 13.8. The van der Waals surface area contributed by atoms with E-state index in [1.807, 2.05) is 6.92 Å². The van der Waals surface area contributed by atoms with Gasteiger partial charge in [-0.3, -0.25) is 4.79 Å². The number of carbonyl (C=O) groups is 1. The van der Waals surface area contributed by atoms with Gasteiger partial charge < -0.3 is 19.5 Å². The van der Waals surface area contributed by atoms with Crippen LogP contribution in [0.3, 0.4) is 0 Å². The summed E-state index contributed by atoms with van der Waals surface area (Å²) in [5, 5.41) is 2.80. The van der Waals surface area contributed by atoms with Crippen LogP contribution in [0.15, 0.2) is 18.3 Å². The number of ether oxygens (including phenoxy) is 3. The van der Waals surface area contributed by atoms with E-state index in [1.54, 1.807) is 18.3 Å². The SMILES string of the molecule is CCOc1ncccc1C(=O)NC[C@@H]1COCCO1. The predicted octanol–water partition coefficient (Wildman–Crippen LogP) is 0.625. The van der Waals surface area contributed by atoms with Gasteiger partial charge in [-0.25, -0.2) is 4.98 Å². The maximum Gasteiger partial charge on any atom is 0.256 e. The Bertz CT molecular complexity index is 419. The summed E-state index contributed by atoms with van der Waals surface area (Å²) in [6.45, 7) is 4.42. The summed E-state index contributed by atoms with van der Waals surface area (Å²) in [7, 11) is 0. The van der Waals surface area contributed by atoms with Gasteiger partial charge in [-0.15, -0.1) is 0 Å². The van der Waals surface area contributed by atoms with E-state index in [4.69, 9.17) is 14.2 Å². The standard InChI is InChI=1S/C13H18N2O4/c1-2-18-13-11(4-3-5-14-13)12(16)15-8-10-9-17-6-7-19-10/h3-5,10H,2,6-9H2,1H3,(H,15,16)/t10-/m1/s1. The number of hydrogen-bond donors (Lipinski definition) is 1. The second-order valence-corrected chi connectivity index (χ2v) is 4.07. The Labute approximate surface area is 112 Å². The summed E-state index contributed by atoms with van der Waals surface area (Å²) in [5.74, 6) is 0.133. The monoisotopic (exact) mass is 266 g/mol. The number of nitrogens with zero attached hydrogens (tertiary/aromatic N) is 1. The van der Waals surface area contributed by atoms with Gasteiger partial charge >= 0.3 is 0 Å². The fraction of sp³-hybridized carbons (Fsp3) is 0.538. The second kappa shape index (κ2) is 7.06. The van der Waals surface area contributed by atoms with Crippen LogP contribution in [0.1, 0.15) is 17.3 Å². The highest BCUT2D eigenvalue weighted by atomic mass is 16.6. The number of rotatable bonds is 5. The van der Waals surface area contributed by atoms with Crippen LogP contribution in [0.4, 0.5) is 0 Å². The molecule has 6 nitrogen and oxygen atoms in total. The van der Waals surface area contributed by atoms with Crippen LogP contribution < -0.4 is 10.1 Å². The highest BCUT2D eigenvalue weighted by molar-refractivity contribution is 5.96. The Morgan fingerprint density at radius 3 is 3.21 bits per heavy atom. The van der Waals surface area contributed by atoms with Crippen LogP contribution in [-0.4, -0.2) is 50.0 Å². The van der Waals surface area contributed by atoms with E-state index in [0.29, 0.717) is 44.4 Å². The van der Waals surface area contributed by atoms with Gasteiger partial charge in [0.2, 0.25) is 5.88 Å². The molecule has 1 aromatic rings. The number of pyridine rings is 1. The van der Waals surface area contributed by atoms with E-state index < -0.39 is 0 Å². The molecule has 1 saturated heterocycles. The third-order valence-electron chi connectivity index (χ3n) is 2.67. The van der Waals surface area contributed by atoms with Crippen molar-refractivity contribution in [3.05, 3.63) is 23.9 Å². The van der Waals surface area contributed by atoms with Crippen molar-refractivity contribution in [2.75, 3.05) is 33.0 Å². The summed E-state index contributed by atoms with van der Waals surface area (Å²) in [4.78, 5) is 16.1. The zero-order valence-corrected chi connectivity index (χ0v) is 10.9. The molecular weight excluding hydrogens is 248 g/mol. The molecule has 1 N–H and O–H groups in total. The number of nitrogens with one attached hydrogen (secondary N) is 1. The minimum atomic E-state index is -0.217. The lowest BCUT2D eigenvalue weighted by Gasteiger charge is -2.23. The summed E-state index contributed by atoms with van der Waals surface area (Å²) in [6.07, 6.45) is 1.50. The molecule has 0 aliphatic carbocycles. The van der Waals surface area contributed by atoms with Gasteiger partial charge in [-0.1, -0.05) is 0 Å². The van der Waals surface area contributed by atoms with Crippen molar-refractivity contribution in [3.63, 3.8) is 0 Å². The molecule has 19 heavy (non-hydrogen) atoms. The molecule has 2 heterocycles. The molecule has 2 rings (SSSR count). The van der Waals surface area contributed by atoms with Crippen molar-refractivity contribution in [2.24, 2.45) is 0 Å². The molecule has 1 aliphatic heterocycles. The fourth-order valence-electron chi connectivity index (χ4n) is 1.77. The van der Waals surface area contributed by atoms with Gasteiger partial charge in [0, 0.05) is 12.7 Å². The topological polar surface area (TPSA) is 69.7 Å². The summed E-state index contributed by atoms with van der Waals surface area (Å²) in [5.41, 5.74) is 0.432. The predicted molar refractivity (Wildman–Crippen MR) is 68.3 cm³/mol. The first-order valence-electron chi connectivity index (χ1n) is 6.36. The van der Waals surface area contributed by atoms with Crippen LogP contribution in [0.5, 0.6) is 5.88 Å². The molecule has 0 spiro atoms. The quantitative estimate of drug-likeness (QED) is 0.846. The van der Waals surface area contributed by atoms with Crippen molar-refractivity contribution >= 4 is 5.91 Å². The Morgan fingerprint density at radius 1 is 1.58 bits per heavy atom. The zero-order chi connectivity index (χ0) is 13.5. The van der Waals surface area contributed by atoms with Crippen LogP contribution in [0, 0.1) is 0 Å². The van der Waals surface area contributed by atoms with E-state index in [2.05, 4.69) is 10.3 Å². The minimum Gasteiger partial charge on any atom is -0.477 e. The van der Waals surface area contributed by atoms with Gasteiger partial charge in [0.15, 0.2) is 0 Å². The molecule has 1 aliphatic rings. The van der Waals surface area contributed by atoms with Crippen LogP contribution >= 0.6 is 0 Å². The summed E-state index contributed by atoms with van der Waals surface area (Å²) < 4.78 is 16.0. The minimum absolute atomic E-state index is 0.0927. The first-order valence-corrected chi connectivity index (χ1v) is 6.36. The van der Waals surface area contributed by atoms with E-state index in [0.717, 1.165) is 0 Å². The van der Waals surface area contributed by atoms with Crippen molar-refractivity contribution in [1.82, 2.24) is 10.3 Å². The average molecular weight is 266 g/mol. The normalized spacial score (nSPS) is 18.9. The molecule has 0 radical (unpaired) electrons. The lowest BCUT2D eigenvalue weighted by molar-refractivity contribution is -0.0855. The second-order valence-electron chi connectivity index (χ2n) is 4.07. The molecule has 0 unspecified atom stereocenters. The van der Waals surface area contributed by atoms with Gasteiger partial charge in [-0.05, 0) is 19.1 Å². The molecule has 0 saturated carbocycles. The number of hydrogen-bond acceptors (Lipinski definition) is 5. The first-order chi connectivity index (χ1) is 9.31. The molecule has 1 fully saturated rings. The van der Waals surface area contributed by atoms with E-state index in [9.17, 15) is 4.79 Å². The molecular formula is C13H18N2O4. The maximum atomic E-state index is 12.1.